The Morgan fingerprint density at radius 3 is 2.62 bits per heavy atom. The Morgan fingerprint density at radius 1 is 1.35 bits per heavy atom. The first-order chi connectivity index (χ1) is 12.2. The third kappa shape index (κ3) is 4.78. The largest absolute Gasteiger partial charge is 0.480 e. The van der Waals surface area contributed by atoms with Gasteiger partial charge in [-0.1, -0.05) is 0 Å². The van der Waals surface area contributed by atoms with Gasteiger partial charge in [-0.15, -0.1) is 0 Å². The minimum atomic E-state index is -0.554. The number of hydrogen-bond donors (Lipinski definition) is 1. The number of esters is 1. The highest BCUT2D eigenvalue weighted by atomic mass is 79.9. The van der Waals surface area contributed by atoms with E-state index in [9.17, 15) is 9.59 Å². The van der Waals surface area contributed by atoms with E-state index in [4.69, 9.17) is 14.2 Å². The highest BCUT2D eigenvalue weighted by Crippen LogP contribution is 2.38. The van der Waals surface area contributed by atoms with Crippen molar-refractivity contribution < 1.29 is 23.8 Å². The summed E-state index contributed by atoms with van der Waals surface area (Å²) in [4.78, 5) is 30.2. The zero-order chi connectivity index (χ0) is 19.5. The molecule has 0 aliphatic carbocycles. The van der Waals surface area contributed by atoms with Crippen LogP contribution in [0.15, 0.2) is 10.7 Å². The van der Waals surface area contributed by atoms with Crippen LogP contribution in [0.25, 0.3) is 0 Å². The van der Waals surface area contributed by atoms with Gasteiger partial charge in [0.25, 0.3) is 0 Å². The Balaban J connectivity index is 2.19. The molecule has 1 N–H and O–H groups in total. The van der Waals surface area contributed by atoms with Crippen molar-refractivity contribution in [1.29, 1.82) is 0 Å². The number of nitrogens with one attached hydrogen (secondary N) is 1. The lowest BCUT2D eigenvalue weighted by Crippen LogP contribution is -2.40. The molecule has 8 nitrogen and oxygen atoms in total. The Morgan fingerprint density at radius 2 is 2.04 bits per heavy atom. The van der Waals surface area contributed by atoms with Crippen molar-refractivity contribution in [3.63, 3.8) is 0 Å². The highest BCUT2D eigenvalue weighted by molar-refractivity contribution is 9.10. The van der Waals surface area contributed by atoms with Crippen LogP contribution in [0.4, 0.5) is 10.5 Å². The summed E-state index contributed by atoms with van der Waals surface area (Å²) in [5.41, 5.74) is 0.414. The third-order valence-corrected chi connectivity index (χ3v) is 4.50. The van der Waals surface area contributed by atoms with Gasteiger partial charge < -0.3 is 24.4 Å². The Hall–Kier alpha value is -2.03. The van der Waals surface area contributed by atoms with Crippen LogP contribution < -0.4 is 15.0 Å². The van der Waals surface area contributed by atoms with Crippen molar-refractivity contribution in [3.8, 4) is 5.88 Å². The fraction of sp³-hybridized carbons (Fsp3) is 0.588. The SMILES string of the molecule is COC(=O)c1cnc(OC)c(Br)c1N1CC[C@H](NC(=O)OC(C)(C)C)C1. The second-order valence-corrected chi connectivity index (χ2v) is 7.71. The number of alkyl carbamates (subject to hydrolysis) is 1. The van der Waals surface area contributed by atoms with Crippen LogP contribution in [-0.4, -0.2) is 56.0 Å². The minimum Gasteiger partial charge on any atom is -0.480 e. The fourth-order valence-electron chi connectivity index (χ4n) is 2.73. The van der Waals surface area contributed by atoms with Gasteiger partial charge >= 0.3 is 12.1 Å². The summed E-state index contributed by atoms with van der Waals surface area (Å²) in [5, 5.41) is 2.86. The van der Waals surface area contributed by atoms with Gasteiger partial charge in [0.2, 0.25) is 5.88 Å². The van der Waals surface area contributed by atoms with Crippen LogP contribution in [0.1, 0.15) is 37.6 Å². The number of rotatable bonds is 4. The van der Waals surface area contributed by atoms with Crippen LogP contribution in [0.3, 0.4) is 0 Å². The number of nitrogens with zero attached hydrogens (tertiary/aromatic N) is 2. The van der Waals surface area contributed by atoms with Gasteiger partial charge in [-0.05, 0) is 43.1 Å². The molecule has 1 saturated heterocycles. The average molecular weight is 430 g/mol. The minimum absolute atomic E-state index is 0.0959. The number of carbonyl (C=O) groups is 2. The summed E-state index contributed by atoms with van der Waals surface area (Å²) >= 11 is 3.46. The molecule has 0 bridgehead atoms. The molecule has 1 aliphatic heterocycles. The smallest absolute Gasteiger partial charge is 0.407 e. The summed E-state index contributed by atoms with van der Waals surface area (Å²) in [6, 6.07) is -0.0959. The number of halogens is 1. The molecule has 9 heteroatoms. The summed E-state index contributed by atoms with van der Waals surface area (Å²) in [6.07, 6.45) is 1.69. The maximum atomic E-state index is 12.1. The highest BCUT2D eigenvalue weighted by Gasteiger charge is 2.31. The molecular weight excluding hydrogens is 406 g/mol. The van der Waals surface area contributed by atoms with Crippen LogP contribution in [-0.2, 0) is 9.47 Å². The molecular formula is C17H24BrN3O5. The maximum absolute atomic E-state index is 12.1. The first kappa shape index (κ1) is 20.3. The number of anilines is 1. The second-order valence-electron chi connectivity index (χ2n) is 6.91. The van der Waals surface area contributed by atoms with Crippen LogP contribution in [0.2, 0.25) is 0 Å². The summed E-state index contributed by atoms with van der Waals surface area (Å²) in [5.74, 6) is -0.115. The standard InChI is InChI=1S/C17H24BrN3O5/c1-17(2,3)26-16(23)20-10-6-7-21(9-10)13-11(15(22)25-5)8-19-14(24-4)12(13)18/h8,10H,6-7,9H2,1-5H3,(H,20,23)/t10-/m0/s1. The van der Waals surface area contributed by atoms with Crippen LogP contribution >= 0.6 is 15.9 Å². The molecule has 1 amide bonds. The maximum Gasteiger partial charge on any atom is 0.407 e. The zero-order valence-corrected chi connectivity index (χ0v) is 17.2. The van der Waals surface area contributed by atoms with E-state index in [0.29, 0.717) is 34.7 Å². The number of methoxy groups -OCH3 is 2. The number of hydrogen-bond acceptors (Lipinski definition) is 7. The molecule has 1 aromatic rings. The predicted octanol–water partition coefficient (Wildman–Crippen LogP) is 2.74. The van der Waals surface area contributed by atoms with Gasteiger partial charge in [0.05, 0.1) is 25.9 Å². The van der Waals surface area contributed by atoms with Crippen LogP contribution in [0.5, 0.6) is 5.88 Å². The summed E-state index contributed by atoms with van der Waals surface area (Å²) in [7, 11) is 2.83. The van der Waals surface area contributed by atoms with E-state index in [2.05, 4.69) is 26.2 Å². The molecule has 0 radical (unpaired) electrons. The predicted molar refractivity (Wildman–Crippen MR) is 99.8 cm³/mol. The Bertz CT molecular complexity index is 690. The monoisotopic (exact) mass is 429 g/mol. The van der Waals surface area contributed by atoms with Gasteiger partial charge in [-0.3, -0.25) is 0 Å². The van der Waals surface area contributed by atoms with Crippen molar-refractivity contribution in [1.82, 2.24) is 10.3 Å². The number of ether oxygens (including phenoxy) is 3. The second kappa shape index (κ2) is 8.11. The number of carbonyl (C=O) groups excluding carboxylic acids is 2. The summed E-state index contributed by atoms with van der Waals surface area (Å²) < 4.78 is 16.0. The molecule has 1 fully saturated rings. The lowest BCUT2D eigenvalue weighted by atomic mass is 10.2. The lowest BCUT2D eigenvalue weighted by Gasteiger charge is -2.24. The number of pyridine rings is 1. The van der Waals surface area contributed by atoms with E-state index in [1.165, 1.54) is 20.4 Å². The normalized spacial score (nSPS) is 17.0. The van der Waals surface area contributed by atoms with Gasteiger partial charge in [-0.2, -0.15) is 0 Å². The molecule has 0 spiro atoms. The van der Waals surface area contributed by atoms with Gasteiger partial charge in [0, 0.05) is 19.3 Å². The quantitative estimate of drug-likeness (QED) is 0.735. The molecule has 0 unspecified atom stereocenters. The van der Waals surface area contributed by atoms with Gasteiger partial charge in [0.15, 0.2) is 0 Å². The molecule has 0 saturated carbocycles. The molecule has 26 heavy (non-hydrogen) atoms. The van der Waals surface area contributed by atoms with Gasteiger partial charge in [-0.25, -0.2) is 14.6 Å². The van der Waals surface area contributed by atoms with Crippen molar-refractivity contribution in [3.05, 3.63) is 16.2 Å². The Kier molecular flexibility index (Phi) is 6.33. The van der Waals surface area contributed by atoms with Crippen molar-refractivity contribution >= 4 is 33.7 Å². The number of aromatic nitrogens is 1. The first-order valence-corrected chi connectivity index (χ1v) is 9.00. The molecule has 1 atom stereocenters. The first-order valence-electron chi connectivity index (χ1n) is 8.21. The van der Waals surface area contributed by atoms with Crippen LogP contribution in [0, 0.1) is 0 Å². The number of amides is 1. The zero-order valence-electron chi connectivity index (χ0n) is 15.6. The van der Waals surface area contributed by atoms with E-state index in [1.807, 2.05) is 25.7 Å². The molecule has 144 valence electrons. The van der Waals surface area contributed by atoms with E-state index < -0.39 is 17.7 Å². The molecule has 1 aromatic heterocycles. The topological polar surface area (TPSA) is 90.0 Å². The molecule has 0 aromatic carbocycles. The third-order valence-electron chi connectivity index (χ3n) is 3.79. The Labute approximate surface area is 161 Å². The average Bonchev–Trinajstić information content (AvgIpc) is 2.99. The molecule has 2 rings (SSSR count). The van der Waals surface area contributed by atoms with Crippen molar-refractivity contribution in [2.45, 2.75) is 38.8 Å². The lowest BCUT2D eigenvalue weighted by molar-refractivity contribution is 0.0507. The van der Waals surface area contributed by atoms with E-state index >= 15 is 0 Å². The van der Waals surface area contributed by atoms with Crippen molar-refractivity contribution in [2.24, 2.45) is 0 Å². The van der Waals surface area contributed by atoms with E-state index in [1.54, 1.807) is 0 Å². The van der Waals surface area contributed by atoms with E-state index in [0.717, 1.165) is 6.42 Å². The van der Waals surface area contributed by atoms with Crippen molar-refractivity contribution in [2.75, 3.05) is 32.2 Å². The van der Waals surface area contributed by atoms with E-state index in [-0.39, 0.29) is 6.04 Å². The van der Waals surface area contributed by atoms with Gasteiger partial charge in [0.1, 0.15) is 15.6 Å². The molecule has 1 aliphatic rings. The molecule has 2 heterocycles. The fourth-order valence-corrected chi connectivity index (χ4v) is 3.46. The summed E-state index contributed by atoms with van der Waals surface area (Å²) in [6.45, 7) is 6.62.